The maximum Gasteiger partial charge on any atom is 0.225 e. The number of nitrogens with zero attached hydrogens (tertiary/aromatic N) is 2. The van der Waals surface area contributed by atoms with E-state index < -0.39 is 0 Å². The van der Waals surface area contributed by atoms with Gasteiger partial charge in [0.15, 0.2) is 0 Å². The predicted octanol–water partition coefficient (Wildman–Crippen LogP) is 2.13. The molecule has 0 unspecified atom stereocenters. The van der Waals surface area contributed by atoms with Crippen LogP contribution in [0, 0.1) is 17.8 Å². The molecule has 2 bridgehead atoms. The predicted molar refractivity (Wildman–Crippen MR) is 85.5 cm³/mol. The molecule has 3 saturated heterocycles. The molecule has 1 aliphatic carbocycles. The minimum atomic E-state index is 0.00959. The SMILES string of the molecule is CN(C)C[C@H]1[C@H]2CN(C(=O)C3CCCCC3)C[C@]23CC[C@H]1O3. The third-order valence-corrected chi connectivity index (χ3v) is 6.63. The third kappa shape index (κ3) is 2.30. The van der Waals surface area contributed by atoms with Gasteiger partial charge in [0.1, 0.15) is 0 Å². The maximum absolute atomic E-state index is 12.9. The number of rotatable bonds is 3. The van der Waals surface area contributed by atoms with Crippen molar-refractivity contribution in [2.24, 2.45) is 17.8 Å². The van der Waals surface area contributed by atoms with Gasteiger partial charge in [0.25, 0.3) is 0 Å². The monoisotopic (exact) mass is 306 g/mol. The third-order valence-electron chi connectivity index (χ3n) is 6.63. The second-order valence-electron chi connectivity index (χ2n) is 8.35. The van der Waals surface area contributed by atoms with Crippen LogP contribution in [0.2, 0.25) is 0 Å². The lowest BCUT2D eigenvalue weighted by molar-refractivity contribution is -0.137. The van der Waals surface area contributed by atoms with E-state index in [2.05, 4.69) is 23.9 Å². The van der Waals surface area contributed by atoms with Crippen molar-refractivity contribution in [3.8, 4) is 0 Å². The van der Waals surface area contributed by atoms with Crippen LogP contribution in [-0.2, 0) is 9.53 Å². The Kier molecular flexibility index (Phi) is 3.73. The van der Waals surface area contributed by atoms with Crippen molar-refractivity contribution in [2.45, 2.75) is 56.7 Å². The average Bonchev–Trinajstić information content (AvgIpc) is 3.16. The van der Waals surface area contributed by atoms with Gasteiger partial charge in [-0.15, -0.1) is 0 Å². The van der Waals surface area contributed by atoms with E-state index in [4.69, 9.17) is 4.74 Å². The van der Waals surface area contributed by atoms with Crippen LogP contribution in [0.1, 0.15) is 44.9 Å². The summed E-state index contributed by atoms with van der Waals surface area (Å²) in [5, 5.41) is 0. The number of hydrogen-bond donors (Lipinski definition) is 0. The zero-order chi connectivity index (χ0) is 15.3. The second-order valence-corrected chi connectivity index (χ2v) is 8.35. The summed E-state index contributed by atoms with van der Waals surface area (Å²) >= 11 is 0. The standard InChI is InChI=1S/C18H30N2O2/c1-19(2)10-14-15-11-20(12-18(15)9-8-16(14)22-18)17(21)13-6-4-3-5-7-13/h13-16H,3-12H2,1-2H3/t14-,15+,16+,18+/m0/s1. The number of carbonyl (C=O) groups excluding carboxylic acids is 1. The van der Waals surface area contributed by atoms with E-state index in [0.29, 0.717) is 29.8 Å². The van der Waals surface area contributed by atoms with Gasteiger partial charge >= 0.3 is 0 Å². The van der Waals surface area contributed by atoms with Crippen LogP contribution in [0.15, 0.2) is 0 Å². The molecule has 4 rings (SSSR count). The highest BCUT2D eigenvalue weighted by Crippen LogP contribution is 2.55. The molecule has 0 aromatic heterocycles. The Hall–Kier alpha value is -0.610. The molecular weight excluding hydrogens is 276 g/mol. The Bertz CT molecular complexity index is 446. The van der Waals surface area contributed by atoms with Gasteiger partial charge in [-0.05, 0) is 39.8 Å². The van der Waals surface area contributed by atoms with E-state index in [1.165, 1.54) is 32.1 Å². The van der Waals surface area contributed by atoms with Crippen molar-refractivity contribution in [3.63, 3.8) is 0 Å². The molecule has 0 radical (unpaired) electrons. The highest BCUT2D eigenvalue weighted by molar-refractivity contribution is 5.79. The highest BCUT2D eigenvalue weighted by Gasteiger charge is 2.63. The van der Waals surface area contributed by atoms with Gasteiger partial charge < -0.3 is 14.5 Å². The fraction of sp³-hybridized carbons (Fsp3) is 0.944. The zero-order valence-electron chi connectivity index (χ0n) is 14.1. The fourth-order valence-corrected chi connectivity index (χ4v) is 5.63. The zero-order valence-corrected chi connectivity index (χ0v) is 14.1. The largest absolute Gasteiger partial charge is 0.369 e. The Morgan fingerprint density at radius 3 is 2.73 bits per heavy atom. The van der Waals surface area contributed by atoms with Crippen molar-refractivity contribution >= 4 is 5.91 Å². The van der Waals surface area contributed by atoms with Crippen molar-refractivity contribution in [2.75, 3.05) is 33.7 Å². The molecule has 1 saturated carbocycles. The van der Waals surface area contributed by atoms with E-state index in [0.717, 1.165) is 32.5 Å². The second kappa shape index (κ2) is 5.48. The summed E-state index contributed by atoms with van der Waals surface area (Å²) in [6.45, 7) is 2.92. The molecule has 4 fully saturated rings. The van der Waals surface area contributed by atoms with Crippen molar-refractivity contribution in [3.05, 3.63) is 0 Å². The van der Waals surface area contributed by atoms with Gasteiger partial charge in [-0.25, -0.2) is 0 Å². The number of carbonyl (C=O) groups is 1. The molecule has 1 spiro atoms. The number of likely N-dealkylation sites (tertiary alicyclic amines) is 1. The molecular formula is C18H30N2O2. The lowest BCUT2D eigenvalue weighted by atomic mass is 9.73. The minimum absolute atomic E-state index is 0.00959. The maximum atomic E-state index is 12.9. The lowest BCUT2D eigenvalue weighted by Gasteiger charge is -2.30. The molecule has 0 N–H and O–H groups in total. The van der Waals surface area contributed by atoms with Crippen LogP contribution >= 0.6 is 0 Å². The van der Waals surface area contributed by atoms with Gasteiger partial charge in [-0.2, -0.15) is 0 Å². The number of fused-ring (bicyclic) bond motifs is 1. The van der Waals surface area contributed by atoms with Gasteiger partial charge in [0.05, 0.1) is 18.2 Å². The molecule has 3 aliphatic heterocycles. The Balaban J connectivity index is 1.47. The average molecular weight is 306 g/mol. The Morgan fingerprint density at radius 2 is 2.00 bits per heavy atom. The molecule has 4 atom stereocenters. The van der Waals surface area contributed by atoms with E-state index in [1.54, 1.807) is 0 Å². The first kappa shape index (κ1) is 14.9. The molecule has 4 aliphatic rings. The van der Waals surface area contributed by atoms with Crippen LogP contribution in [-0.4, -0.2) is 61.1 Å². The lowest BCUT2D eigenvalue weighted by Crippen LogP contribution is -2.40. The number of amides is 1. The summed E-state index contributed by atoms with van der Waals surface area (Å²) in [6.07, 6.45) is 8.81. The van der Waals surface area contributed by atoms with Gasteiger partial charge in [-0.3, -0.25) is 4.79 Å². The Labute approximate surface area is 134 Å². The quantitative estimate of drug-likeness (QED) is 0.801. The van der Waals surface area contributed by atoms with Crippen molar-refractivity contribution in [1.29, 1.82) is 0 Å². The highest BCUT2D eigenvalue weighted by atomic mass is 16.5. The molecule has 4 heteroatoms. The summed E-state index contributed by atoms with van der Waals surface area (Å²) in [5.41, 5.74) is 0.00959. The normalized spacial score (nSPS) is 41.4. The van der Waals surface area contributed by atoms with Gasteiger partial charge in [-0.1, -0.05) is 19.3 Å². The van der Waals surface area contributed by atoms with E-state index >= 15 is 0 Å². The molecule has 3 heterocycles. The van der Waals surface area contributed by atoms with Crippen LogP contribution in [0.4, 0.5) is 0 Å². The van der Waals surface area contributed by atoms with Crippen LogP contribution in [0.3, 0.4) is 0 Å². The van der Waals surface area contributed by atoms with E-state index in [1.807, 2.05) is 0 Å². The summed E-state index contributed by atoms with van der Waals surface area (Å²) in [5.74, 6) is 1.92. The summed E-state index contributed by atoms with van der Waals surface area (Å²) in [6, 6.07) is 0. The van der Waals surface area contributed by atoms with E-state index in [-0.39, 0.29) is 5.60 Å². The Morgan fingerprint density at radius 1 is 1.23 bits per heavy atom. The first-order valence-corrected chi connectivity index (χ1v) is 9.20. The summed E-state index contributed by atoms with van der Waals surface area (Å²) < 4.78 is 6.44. The summed E-state index contributed by atoms with van der Waals surface area (Å²) in [4.78, 5) is 17.3. The van der Waals surface area contributed by atoms with Gasteiger partial charge in [0, 0.05) is 30.8 Å². The first-order chi connectivity index (χ1) is 10.6. The number of hydrogen-bond acceptors (Lipinski definition) is 3. The van der Waals surface area contributed by atoms with Crippen molar-refractivity contribution < 1.29 is 9.53 Å². The topological polar surface area (TPSA) is 32.8 Å². The molecule has 1 amide bonds. The fourth-order valence-electron chi connectivity index (χ4n) is 5.63. The molecule has 4 nitrogen and oxygen atoms in total. The minimum Gasteiger partial charge on any atom is -0.369 e. The number of ether oxygens (including phenoxy) is 1. The smallest absolute Gasteiger partial charge is 0.225 e. The van der Waals surface area contributed by atoms with Crippen molar-refractivity contribution in [1.82, 2.24) is 9.80 Å². The van der Waals surface area contributed by atoms with Crippen LogP contribution in [0.5, 0.6) is 0 Å². The van der Waals surface area contributed by atoms with E-state index in [9.17, 15) is 4.79 Å². The first-order valence-electron chi connectivity index (χ1n) is 9.20. The van der Waals surface area contributed by atoms with Crippen LogP contribution < -0.4 is 0 Å². The molecule has 0 aromatic carbocycles. The molecule has 0 aromatic rings. The molecule has 124 valence electrons. The summed E-state index contributed by atoms with van der Waals surface area (Å²) in [7, 11) is 4.30. The van der Waals surface area contributed by atoms with Gasteiger partial charge in [0.2, 0.25) is 5.91 Å². The molecule has 22 heavy (non-hydrogen) atoms. The van der Waals surface area contributed by atoms with Crippen LogP contribution in [0.25, 0.3) is 0 Å².